The standard InChI is InChI=1S/C23H27NO4/c1-25-13-5-6-21-20-15-23(28-4)22(27-3)14-18(20)11-12-24(21)16-17-7-9-19(26-2)10-8-17/h7-10,14-15,21H,11-13,16H2,1-4H3. The van der Waals surface area contributed by atoms with Crippen LogP contribution in [0.4, 0.5) is 0 Å². The largest absolute Gasteiger partial charge is 0.497 e. The number of fused-ring (bicyclic) bond motifs is 1. The van der Waals surface area contributed by atoms with Crippen molar-refractivity contribution >= 4 is 0 Å². The van der Waals surface area contributed by atoms with Gasteiger partial charge in [-0.05, 0) is 47.4 Å². The molecule has 0 fully saturated rings. The van der Waals surface area contributed by atoms with Crippen molar-refractivity contribution < 1.29 is 18.9 Å². The third-order valence-electron chi connectivity index (χ3n) is 4.97. The number of hydrogen-bond acceptors (Lipinski definition) is 5. The summed E-state index contributed by atoms with van der Waals surface area (Å²) in [6, 6.07) is 12.3. The first-order chi connectivity index (χ1) is 13.7. The Hall–Kier alpha value is -2.68. The van der Waals surface area contributed by atoms with E-state index in [1.54, 1.807) is 28.4 Å². The minimum absolute atomic E-state index is 0.0270. The lowest BCUT2D eigenvalue weighted by Crippen LogP contribution is -2.34. The van der Waals surface area contributed by atoms with Crippen molar-refractivity contribution in [3.8, 4) is 29.1 Å². The van der Waals surface area contributed by atoms with Crippen molar-refractivity contribution in [2.45, 2.75) is 19.0 Å². The second-order valence-corrected chi connectivity index (χ2v) is 6.63. The second kappa shape index (κ2) is 9.50. The molecule has 0 bridgehead atoms. The van der Waals surface area contributed by atoms with Crippen LogP contribution in [-0.4, -0.2) is 46.5 Å². The maximum Gasteiger partial charge on any atom is 0.161 e. The molecule has 0 saturated heterocycles. The van der Waals surface area contributed by atoms with Crippen LogP contribution in [0.2, 0.25) is 0 Å². The number of methoxy groups -OCH3 is 4. The third-order valence-corrected chi connectivity index (χ3v) is 4.97. The van der Waals surface area contributed by atoms with Gasteiger partial charge in [-0.2, -0.15) is 0 Å². The maximum absolute atomic E-state index is 5.53. The van der Waals surface area contributed by atoms with Gasteiger partial charge in [0.05, 0.1) is 27.4 Å². The van der Waals surface area contributed by atoms with E-state index >= 15 is 0 Å². The topological polar surface area (TPSA) is 40.2 Å². The molecule has 1 atom stereocenters. The van der Waals surface area contributed by atoms with E-state index in [1.165, 1.54) is 16.7 Å². The molecule has 2 aromatic carbocycles. The fourth-order valence-electron chi connectivity index (χ4n) is 3.51. The van der Waals surface area contributed by atoms with E-state index in [1.807, 2.05) is 12.1 Å². The van der Waals surface area contributed by atoms with E-state index in [0.717, 1.165) is 36.8 Å². The highest BCUT2D eigenvalue weighted by atomic mass is 16.5. The Morgan fingerprint density at radius 2 is 1.68 bits per heavy atom. The molecule has 0 aromatic heterocycles. The number of rotatable bonds is 6. The van der Waals surface area contributed by atoms with E-state index in [4.69, 9.17) is 18.9 Å². The quantitative estimate of drug-likeness (QED) is 0.717. The molecule has 5 heteroatoms. The summed E-state index contributed by atoms with van der Waals surface area (Å²) in [5.74, 6) is 8.88. The first kappa shape index (κ1) is 20.1. The number of ether oxygens (including phenoxy) is 4. The predicted molar refractivity (Wildman–Crippen MR) is 109 cm³/mol. The molecule has 0 saturated carbocycles. The molecule has 5 nitrogen and oxygen atoms in total. The fourth-order valence-corrected chi connectivity index (χ4v) is 3.51. The van der Waals surface area contributed by atoms with Gasteiger partial charge in [-0.3, -0.25) is 4.90 Å². The lowest BCUT2D eigenvalue weighted by Gasteiger charge is -2.35. The average Bonchev–Trinajstić information content (AvgIpc) is 2.74. The Morgan fingerprint density at radius 3 is 2.32 bits per heavy atom. The van der Waals surface area contributed by atoms with Crippen molar-refractivity contribution in [3.63, 3.8) is 0 Å². The zero-order chi connectivity index (χ0) is 19.9. The molecule has 0 radical (unpaired) electrons. The molecule has 28 heavy (non-hydrogen) atoms. The molecule has 0 N–H and O–H groups in total. The molecule has 0 spiro atoms. The fraction of sp³-hybridized carbons (Fsp3) is 0.391. The van der Waals surface area contributed by atoms with Gasteiger partial charge in [-0.15, -0.1) is 0 Å². The van der Waals surface area contributed by atoms with Crippen molar-refractivity contribution in [2.75, 3.05) is 41.6 Å². The van der Waals surface area contributed by atoms with Gasteiger partial charge in [0.25, 0.3) is 0 Å². The molecule has 1 aliphatic heterocycles. The van der Waals surface area contributed by atoms with Crippen molar-refractivity contribution in [2.24, 2.45) is 0 Å². The predicted octanol–water partition coefficient (Wildman–Crippen LogP) is 3.46. The van der Waals surface area contributed by atoms with Gasteiger partial charge in [0.1, 0.15) is 12.4 Å². The molecular formula is C23H27NO4. The molecule has 148 valence electrons. The van der Waals surface area contributed by atoms with Crippen molar-refractivity contribution in [3.05, 3.63) is 53.1 Å². The SMILES string of the molecule is COCC#CC1c2cc(OC)c(OC)cc2CCN1Cc1ccc(OC)cc1. The summed E-state index contributed by atoms with van der Waals surface area (Å²) in [5, 5.41) is 0. The Kier molecular flexibility index (Phi) is 6.80. The zero-order valence-corrected chi connectivity index (χ0v) is 17.0. The Morgan fingerprint density at radius 1 is 0.964 bits per heavy atom. The smallest absolute Gasteiger partial charge is 0.161 e. The summed E-state index contributed by atoms with van der Waals surface area (Å²) < 4.78 is 21.4. The minimum atomic E-state index is -0.0270. The van der Waals surface area contributed by atoms with Gasteiger partial charge < -0.3 is 18.9 Å². The molecule has 3 rings (SSSR count). The van der Waals surface area contributed by atoms with Gasteiger partial charge in [0, 0.05) is 20.2 Å². The number of hydrogen-bond donors (Lipinski definition) is 0. The molecule has 1 unspecified atom stereocenters. The average molecular weight is 381 g/mol. The summed E-state index contributed by atoms with van der Waals surface area (Å²) in [6.07, 6.45) is 0.939. The third kappa shape index (κ3) is 4.41. The molecular weight excluding hydrogens is 354 g/mol. The van der Waals surface area contributed by atoms with Crippen LogP contribution in [0.3, 0.4) is 0 Å². The summed E-state index contributed by atoms with van der Waals surface area (Å²) in [6.45, 7) is 2.14. The van der Waals surface area contributed by atoms with Crippen LogP contribution in [0.1, 0.15) is 22.7 Å². The van der Waals surface area contributed by atoms with Gasteiger partial charge in [0.15, 0.2) is 11.5 Å². The van der Waals surface area contributed by atoms with Gasteiger partial charge in [-0.1, -0.05) is 24.0 Å². The zero-order valence-electron chi connectivity index (χ0n) is 17.0. The Balaban J connectivity index is 1.93. The molecule has 0 aliphatic carbocycles. The van der Waals surface area contributed by atoms with E-state index in [2.05, 4.69) is 41.0 Å². The first-order valence-corrected chi connectivity index (χ1v) is 9.29. The van der Waals surface area contributed by atoms with Gasteiger partial charge in [0.2, 0.25) is 0 Å². The minimum Gasteiger partial charge on any atom is -0.497 e. The van der Waals surface area contributed by atoms with Crippen LogP contribution in [0, 0.1) is 11.8 Å². The summed E-state index contributed by atoms with van der Waals surface area (Å²) in [4.78, 5) is 2.39. The van der Waals surface area contributed by atoms with Crippen molar-refractivity contribution in [1.82, 2.24) is 4.90 Å². The maximum atomic E-state index is 5.53. The Bertz CT molecular complexity index is 851. The van der Waals surface area contributed by atoms with Crippen molar-refractivity contribution in [1.29, 1.82) is 0 Å². The highest BCUT2D eigenvalue weighted by Crippen LogP contribution is 2.38. The number of nitrogens with zero attached hydrogens (tertiary/aromatic N) is 1. The van der Waals surface area contributed by atoms with E-state index in [0.29, 0.717) is 6.61 Å². The van der Waals surface area contributed by atoms with Gasteiger partial charge in [-0.25, -0.2) is 0 Å². The summed E-state index contributed by atoms with van der Waals surface area (Å²) >= 11 is 0. The lowest BCUT2D eigenvalue weighted by molar-refractivity contribution is 0.214. The normalized spacial score (nSPS) is 15.9. The first-order valence-electron chi connectivity index (χ1n) is 9.29. The van der Waals surface area contributed by atoms with Crippen LogP contribution in [0.25, 0.3) is 0 Å². The molecule has 1 heterocycles. The van der Waals surface area contributed by atoms with E-state index in [-0.39, 0.29) is 6.04 Å². The molecule has 1 aliphatic rings. The van der Waals surface area contributed by atoms with Crippen LogP contribution >= 0.6 is 0 Å². The monoisotopic (exact) mass is 381 g/mol. The van der Waals surface area contributed by atoms with Crippen LogP contribution in [0.15, 0.2) is 36.4 Å². The van der Waals surface area contributed by atoms with Crippen LogP contribution < -0.4 is 14.2 Å². The van der Waals surface area contributed by atoms with E-state index < -0.39 is 0 Å². The summed E-state index contributed by atoms with van der Waals surface area (Å²) in [7, 11) is 6.67. The molecule has 2 aromatic rings. The Labute approximate surface area is 167 Å². The molecule has 0 amide bonds. The lowest BCUT2D eigenvalue weighted by atomic mass is 9.91. The van der Waals surface area contributed by atoms with Gasteiger partial charge >= 0.3 is 0 Å². The highest BCUT2D eigenvalue weighted by molar-refractivity contribution is 5.51. The van der Waals surface area contributed by atoms with Crippen LogP contribution in [-0.2, 0) is 17.7 Å². The highest BCUT2D eigenvalue weighted by Gasteiger charge is 2.28. The second-order valence-electron chi connectivity index (χ2n) is 6.63. The van der Waals surface area contributed by atoms with E-state index in [9.17, 15) is 0 Å². The van der Waals surface area contributed by atoms with Crippen LogP contribution in [0.5, 0.6) is 17.2 Å². The number of benzene rings is 2. The summed E-state index contributed by atoms with van der Waals surface area (Å²) in [5.41, 5.74) is 3.64.